The van der Waals surface area contributed by atoms with Gasteiger partial charge < -0.3 is 14.2 Å². The SMILES string of the molecule is COc1ccc(COc2nc(C)ccc2OC(F)F)cc1. The summed E-state index contributed by atoms with van der Waals surface area (Å²) in [4.78, 5) is 4.07. The molecule has 0 fully saturated rings. The topological polar surface area (TPSA) is 40.6 Å². The Morgan fingerprint density at radius 2 is 1.81 bits per heavy atom. The van der Waals surface area contributed by atoms with Crippen LogP contribution in [0.5, 0.6) is 17.4 Å². The first-order chi connectivity index (χ1) is 10.1. The third-order valence-corrected chi connectivity index (χ3v) is 2.72. The minimum Gasteiger partial charge on any atom is -0.497 e. The van der Waals surface area contributed by atoms with Crippen LogP contribution >= 0.6 is 0 Å². The molecule has 0 bridgehead atoms. The van der Waals surface area contributed by atoms with Gasteiger partial charge in [-0.2, -0.15) is 8.78 Å². The van der Waals surface area contributed by atoms with Crippen molar-refractivity contribution in [1.29, 1.82) is 0 Å². The van der Waals surface area contributed by atoms with Gasteiger partial charge in [0.25, 0.3) is 5.88 Å². The summed E-state index contributed by atoms with van der Waals surface area (Å²) in [5.74, 6) is 0.699. The van der Waals surface area contributed by atoms with Crippen LogP contribution in [0.3, 0.4) is 0 Å². The second-order valence-electron chi connectivity index (χ2n) is 4.27. The van der Waals surface area contributed by atoms with Crippen LogP contribution in [0.25, 0.3) is 0 Å². The van der Waals surface area contributed by atoms with E-state index < -0.39 is 6.61 Å². The number of nitrogens with zero attached hydrogens (tertiary/aromatic N) is 1. The molecular weight excluding hydrogens is 280 g/mol. The maximum Gasteiger partial charge on any atom is 0.387 e. The molecule has 0 N–H and O–H groups in total. The van der Waals surface area contributed by atoms with E-state index in [1.165, 1.54) is 6.07 Å². The van der Waals surface area contributed by atoms with Gasteiger partial charge in [-0.05, 0) is 36.8 Å². The molecule has 0 atom stereocenters. The predicted octanol–water partition coefficient (Wildman–Crippen LogP) is 3.58. The predicted molar refractivity (Wildman–Crippen MR) is 72.9 cm³/mol. The summed E-state index contributed by atoms with van der Waals surface area (Å²) in [6, 6.07) is 10.2. The second-order valence-corrected chi connectivity index (χ2v) is 4.27. The highest BCUT2D eigenvalue weighted by Crippen LogP contribution is 2.27. The van der Waals surface area contributed by atoms with Crippen molar-refractivity contribution in [3.05, 3.63) is 47.7 Å². The molecule has 6 heteroatoms. The molecule has 4 nitrogen and oxygen atoms in total. The van der Waals surface area contributed by atoms with E-state index in [2.05, 4.69) is 9.72 Å². The van der Waals surface area contributed by atoms with Crippen molar-refractivity contribution >= 4 is 0 Å². The van der Waals surface area contributed by atoms with Crippen LogP contribution in [0.15, 0.2) is 36.4 Å². The number of aromatic nitrogens is 1. The van der Waals surface area contributed by atoms with Crippen LogP contribution < -0.4 is 14.2 Å². The first-order valence-electron chi connectivity index (χ1n) is 6.26. The maximum absolute atomic E-state index is 12.3. The normalized spacial score (nSPS) is 10.5. The highest BCUT2D eigenvalue weighted by Gasteiger charge is 2.12. The largest absolute Gasteiger partial charge is 0.497 e. The van der Waals surface area contributed by atoms with Crippen molar-refractivity contribution in [2.45, 2.75) is 20.1 Å². The van der Waals surface area contributed by atoms with Gasteiger partial charge in [0.15, 0.2) is 5.75 Å². The van der Waals surface area contributed by atoms with E-state index in [1.807, 2.05) is 12.1 Å². The molecule has 0 radical (unpaired) electrons. The smallest absolute Gasteiger partial charge is 0.387 e. The molecule has 21 heavy (non-hydrogen) atoms. The zero-order valence-corrected chi connectivity index (χ0v) is 11.7. The van der Waals surface area contributed by atoms with Crippen molar-refractivity contribution in [1.82, 2.24) is 4.98 Å². The van der Waals surface area contributed by atoms with E-state index in [4.69, 9.17) is 9.47 Å². The third kappa shape index (κ3) is 4.30. The van der Waals surface area contributed by atoms with Gasteiger partial charge in [-0.3, -0.25) is 0 Å². The number of hydrogen-bond donors (Lipinski definition) is 0. The van der Waals surface area contributed by atoms with Gasteiger partial charge in [-0.15, -0.1) is 0 Å². The summed E-state index contributed by atoms with van der Waals surface area (Å²) in [5.41, 5.74) is 1.52. The minimum absolute atomic E-state index is 0.0473. The second kappa shape index (κ2) is 6.88. The number of aryl methyl sites for hydroxylation is 1. The Balaban J connectivity index is 2.08. The molecule has 112 valence electrons. The Morgan fingerprint density at radius 1 is 1.10 bits per heavy atom. The lowest BCUT2D eigenvalue weighted by Gasteiger charge is -2.12. The molecule has 0 aliphatic rings. The number of pyridine rings is 1. The van der Waals surface area contributed by atoms with E-state index in [0.29, 0.717) is 5.69 Å². The van der Waals surface area contributed by atoms with E-state index in [-0.39, 0.29) is 18.2 Å². The maximum atomic E-state index is 12.3. The van der Waals surface area contributed by atoms with E-state index in [0.717, 1.165) is 11.3 Å². The average molecular weight is 295 g/mol. The van der Waals surface area contributed by atoms with Crippen molar-refractivity contribution in [3.8, 4) is 17.4 Å². The summed E-state index contributed by atoms with van der Waals surface area (Å²) < 4.78 is 39.6. The van der Waals surface area contributed by atoms with Crippen LogP contribution in [-0.2, 0) is 6.61 Å². The Hall–Kier alpha value is -2.37. The average Bonchev–Trinajstić information content (AvgIpc) is 2.47. The molecule has 0 amide bonds. The molecule has 0 saturated heterocycles. The fraction of sp³-hybridized carbons (Fsp3) is 0.267. The van der Waals surface area contributed by atoms with Crippen LogP contribution in [0.4, 0.5) is 8.78 Å². The lowest BCUT2D eigenvalue weighted by atomic mass is 10.2. The van der Waals surface area contributed by atoms with Gasteiger partial charge in [-0.1, -0.05) is 12.1 Å². The molecule has 0 aliphatic carbocycles. The summed E-state index contributed by atoms with van der Waals surface area (Å²) in [6.45, 7) is -0.982. The van der Waals surface area contributed by atoms with Crippen LogP contribution in [0, 0.1) is 6.92 Å². The van der Waals surface area contributed by atoms with Crippen LogP contribution in [0.1, 0.15) is 11.3 Å². The molecule has 2 rings (SSSR count). The van der Waals surface area contributed by atoms with Gasteiger partial charge in [-0.25, -0.2) is 4.98 Å². The first-order valence-corrected chi connectivity index (χ1v) is 6.26. The molecule has 0 aliphatic heterocycles. The summed E-state index contributed by atoms with van der Waals surface area (Å²) in [6.07, 6.45) is 0. The number of rotatable bonds is 6. The molecule has 1 aromatic heterocycles. The number of hydrogen-bond acceptors (Lipinski definition) is 4. The minimum atomic E-state index is -2.92. The highest BCUT2D eigenvalue weighted by atomic mass is 19.3. The Kier molecular flexibility index (Phi) is 4.92. The number of alkyl halides is 2. The molecule has 1 heterocycles. The lowest BCUT2D eigenvalue weighted by molar-refractivity contribution is -0.0520. The Labute approximate surface area is 121 Å². The zero-order valence-electron chi connectivity index (χ0n) is 11.7. The number of benzene rings is 1. The highest BCUT2D eigenvalue weighted by molar-refractivity contribution is 5.35. The summed E-state index contributed by atoms with van der Waals surface area (Å²) in [7, 11) is 1.58. The molecular formula is C15H15F2NO3. The van der Waals surface area contributed by atoms with Gasteiger partial charge in [0, 0.05) is 5.69 Å². The van der Waals surface area contributed by atoms with Crippen LogP contribution in [-0.4, -0.2) is 18.7 Å². The molecule has 0 spiro atoms. The Bertz CT molecular complexity index is 588. The van der Waals surface area contributed by atoms with E-state index >= 15 is 0 Å². The fourth-order valence-corrected chi connectivity index (χ4v) is 1.68. The van der Waals surface area contributed by atoms with Crippen molar-refractivity contribution in [2.75, 3.05) is 7.11 Å². The molecule has 1 aromatic carbocycles. The number of ether oxygens (including phenoxy) is 3. The van der Waals surface area contributed by atoms with Gasteiger partial charge in [0.1, 0.15) is 12.4 Å². The van der Waals surface area contributed by atoms with Crippen molar-refractivity contribution in [3.63, 3.8) is 0 Å². The van der Waals surface area contributed by atoms with Gasteiger partial charge in [0.2, 0.25) is 0 Å². The number of halogens is 2. The van der Waals surface area contributed by atoms with Gasteiger partial charge in [0.05, 0.1) is 7.11 Å². The van der Waals surface area contributed by atoms with Crippen LogP contribution in [0.2, 0.25) is 0 Å². The molecule has 0 saturated carbocycles. The van der Waals surface area contributed by atoms with Crippen molar-refractivity contribution < 1.29 is 23.0 Å². The number of methoxy groups -OCH3 is 1. The first kappa shape index (κ1) is 15.0. The standard InChI is InChI=1S/C15H15F2NO3/c1-10-3-8-13(21-15(16)17)14(18-10)20-9-11-4-6-12(19-2)7-5-11/h3-8,15H,9H2,1-2H3. The third-order valence-electron chi connectivity index (χ3n) is 2.72. The zero-order chi connectivity index (χ0) is 15.2. The van der Waals surface area contributed by atoms with E-state index in [1.54, 1.807) is 32.2 Å². The lowest BCUT2D eigenvalue weighted by Crippen LogP contribution is -2.06. The van der Waals surface area contributed by atoms with Crippen molar-refractivity contribution in [2.24, 2.45) is 0 Å². The summed E-state index contributed by atoms with van der Waals surface area (Å²) >= 11 is 0. The Morgan fingerprint density at radius 3 is 2.43 bits per heavy atom. The fourth-order valence-electron chi connectivity index (χ4n) is 1.68. The quantitative estimate of drug-likeness (QED) is 0.816. The monoisotopic (exact) mass is 295 g/mol. The molecule has 2 aromatic rings. The summed E-state index contributed by atoms with van der Waals surface area (Å²) in [5, 5.41) is 0. The molecule has 0 unspecified atom stereocenters. The van der Waals surface area contributed by atoms with Gasteiger partial charge >= 0.3 is 6.61 Å². The van der Waals surface area contributed by atoms with E-state index in [9.17, 15) is 8.78 Å².